The molecule has 24 heavy (non-hydrogen) atoms. The first kappa shape index (κ1) is 17.0. The summed E-state index contributed by atoms with van der Waals surface area (Å²) in [6.07, 6.45) is 7.58. The van der Waals surface area contributed by atoms with Crippen molar-refractivity contribution in [2.75, 3.05) is 19.6 Å². The third-order valence-electron chi connectivity index (χ3n) is 5.39. The Hall–Kier alpha value is -1.84. The van der Waals surface area contributed by atoms with Gasteiger partial charge in [-0.15, -0.1) is 0 Å². The van der Waals surface area contributed by atoms with Gasteiger partial charge < -0.3 is 10.2 Å². The molecule has 1 heterocycles. The van der Waals surface area contributed by atoms with E-state index in [9.17, 15) is 9.59 Å². The number of likely N-dealkylation sites (tertiary alicyclic amines) is 1. The Morgan fingerprint density at radius 2 is 1.88 bits per heavy atom. The molecule has 1 aromatic rings. The monoisotopic (exact) mass is 328 g/mol. The molecule has 0 aromatic heterocycles. The van der Waals surface area contributed by atoms with Crippen LogP contribution in [-0.2, 0) is 16.0 Å². The SMILES string of the molecule is O=C(NCC1CCCCC1)[C@H]1CC(=O)N(CCc2ccccc2)C1. The summed E-state index contributed by atoms with van der Waals surface area (Å²) in [5, 5.41) is 3.09. The fourth-order valence-corrected chi connectivity index (χ4v) is 3.85. The van der Waals surface area contributed by atoms with Gasteiger partial charge in [0, 0.05) is 26.1 Å². The molecule has 1 aliphatic carbocycles. The van der Waals surface area contributed by atoms with Gasteiger partial charge in [-0.25, -0.2) is 0 Å². The minimum atomic E-state index is -0.170. The van der Waals surface area contributed by atoms with Crippen molar-refractivity contribution in [1.29, 1.82) is 0 Å². The van der Waals surface area contributed by atoms with E-state index >= 15 is 0 Å². The average molecular weight is 328 g/mol. The number of hydrogen-bond acceptors (Lipinski definition) is 2. The smallest absolute Gasteiger partial charge is 0.225 e. The van der Waals surface area contributed by atoms with Crippen molar-refractivity contribution in [3.8, 4) is 0 Å². The highest BCUT2D eigenvalue weighted by Crippen LogP contribution is 2.23. The summed E-state index contributed by atoms with van der Waals surface area (Å²) < 4.78 is 0. The van der Waals surface area contributed by atoms with Crippen molar-refractivity contribution < 1.29 is 9.59 Å². The van der Waals surface area contributed by atoms with Crippen LogP contribution >= 0.6 is 0 Å². The van der Waals surface area contributed by atoms with Crippen LogP contribution < -0.4 is 5.32 Å². The van der Waals surface area contributed by atoms with Crippen molar-refractivity contribution >= 4 is 11.8 Å². The maximum atomic E-state index is 12.4. The average Bonchev–Trinajstić information content (AvgIpc) is 3.00. The van der Waals surface area contributed by atoms with E-state index in [4.69, 9.17) is 0 Å². The minimum Gasteiger partial charge on any atom is -0.356 e. The summed E-state index contributed by atoms with van der Waals surface area (Å²) >= 11 is 0. The Balaban J connectivity index is 1.42. The molecule has 4 heteroatoms. The van der Waals surface area contributed by atoms with E-state index < -0.39 is 0 Å². The number of carbonyl (C=O) groups is 2. The maximum Gasteiger partial charge on any atom is 0.225 e. The number of rotatable bonds is 6. The molecule has 0 bridgehead atoms. The van der Waals surface area contributed by atoms with Gasteiger partial charge in [0.25, 0.3) is 0 Å². The molecule has 0 radical (unpaired) electrons. The molecule has 2 amide bonds. The van der Waals surface area contributed by atoms with Gasteiger partial charge in [0.1, 0.15) is 0 Å². The summed E-state index contributed by atoms with van der Waals surface area (Å²) in [6, 6.07) is 10.2. The van der Waals surface area contributed by atoms with Crippen LogP contribution in [0.5, 0.6) is 0 Å². The van der Waals surface area contributed by atoms with E-state index in [0.29, 0.717) is 25.4 Å². The standard InChI is InChI=1S/C20H28N2O2/c23-19-13-18(20(24)21-14-17-9-5-2-6-10-17)15-22(19)12-11-16-7-3-1-4-8-16/h1,3-4,7-8,17-18H,2,5-6,9-15H2,(H,21,24)/t18-/m0/s1. The van der Waals surface area contributed by atoms with E-state index in [-0.39, 0.29) is 17.7 Å². The molecule has 1 aliphatic heterocycles. The van der Waals surface area contributed by atoms with Gasteiger partial charge in [0.2, 0.25) is 11.8 Å². The van der Waals surface area contributed by atoms with Crippen LogP contribution in [0.15, 0.2) is 30.3 Å². The van der Waals surface area contributed by atoms with Crippen LogP contribution in [0.4, 0.5) is 0 Å². The molecule has 2 aliphatic rings. The van der Waals surface area contributed by atoms with Crippen molar-refractivity contribution in [3.05, 3.63) is 35.9 Å². The van der Waals surface area contributed by atoms with Crippen LogP contribution in [0.2, 0.25) is 0 Å². The normalized spacial score (nSPS) is 21.9. The molecule has 3 rings (SSSR count). The van der Waals surface area contributed by atoms with Crippen LogP contribution in [0.3, 0.4) is 0 Å². The first-order chi connectivity index (χ1) is 11.7. The molecule has 1 saturated carbocycles. The number of benzene rings is 1. The number of nitrogens with one attached hydrogen (secondary N) is 1. The molecule has 0 spiro atoms. The second kappa shape index (κ2) is 8.32. The lowest BCUT2D eigenvalue weighted by molar-refractivity contribution is -0.129. The fraction of sp³-hybridized carbons (Fsp3) is 0.600. The minimum absolute atomic E-state index is 0.0659. The molecular weight excluding hydrogens is 300 g/mol. The molecular formula is C20H28N2O2. The molecule has 1 saturated heterocycles. The molecule has 1 aromatic carbocycles. The quantitative estimate of drug-likeness (QED) is 0.873. The predicted molar refractivity (Wildman–Crippen MR) is 94.4 cm³/mol. The van der Waals surface area contributed by atoms with Gasteiger partial charge in [-0.3, -0.25) is 9.59 Å². The van der Waals surface area contributed by atoms with E-state index in [1.54, 1.807) is 0 Å². The Morgan fingerprint density at radius 3 is 2.62 bits per heavy atom. The number of nitrogens with zero attached hydrogens (tertiary/aromatic N) is 1. The van der Waals surface area contributed by atoms with Crippen LogP contribution in [0, 0.1) is 11.8 Å². The second-order valence-corrected chi connectivity index (χ2v) is 7.23. The molecule has 1 N–H and O–H groups in total. The van der Waals surface area contributed by atoms with Crippen molar-refractivity contribution in [2.45, 2.75) is 44.9 Å². The van der Waals surface area contributed by atoms with Crippen molar-refractivity contribution in [3.63, 3.8) is 0 Å². The van der Waals surface area contributed by atoms with Crippen LogP contribution in [-0.4, -0.2) is 36.3 Å². The highest BCUT2D eigenvalue weighted by atomic mass is 16.2. The fourth-order valence-electron chi connectivity index (χ4n) is 3.85. The van der Waals surface area contributed by atoms with Crippen molar-refractivity contribution in [2.24, 2.45) is 11.8 Å². The van der Waals surface area contributed by atoms with Crippen LogP contribution in [0.1, 0.15) is 44.1 Å². The summed E-state index contributed by atoms with van der Waals surface area (Å²) in [4.78, 5) is 26.4. The van der Waals surface area contributed by atoms with E-state index in [2.05, 4.69) is 17.4 Å². The number of carbonyl (C=O) groups excluding carboxylic acids is 2. The van der Waals surface area contributed by atoms with Gasteiger partial charge in [0.05, 0.1) is 5.92 Å². The van der Waals surface area contributed by atoms with Gasteiger partial charge in [-0.1, -0.05) is 49.6 Å². The summed E-state index contributed by atoms with van der Waals surface area (Å²) in [6.45, 7) is 2.06. The summed E-state index contributed by atoms with van der Waals surface area (Å²) in [5.74, 6) is 0.644. The maximum absolute atomic E-state index is 12.4. The predicted octanol–water partition coefficient (Wildman–Crippen LogP) is 2.77. The summed E-state index contributed by atoms with van der Waals surface area (Å²) in [5.41, 5.74) is 1.23. The molecule has 0 unspecified atom stereocenters. The van der Waals surface area contributed by atoms with Gasteiger partial charge >= 0.3 is 0 Å². The lowest BCUT2D eigenvalue weighted by atomic mass is 9.89. The number of amides is 2. The molecule has 1 atom stereocenters. The third kappa shape index (κ3) is 4.59. The first-order valence-corrected chi connectivity index (χ1v) is 9.32. The van der Waals surface area contributed by atoms with E-state index in [1.807, 2.05) is 23.1 Å². The second-order valence-electron chi connectivity index (χ2n) is 7.23. The third-order valence-corrected chi connectivity index (χ3v) is 5.39. The van der Waals surface area contributed by atoms with Gasteiger partial charge in [-0.05, 0) is 30.7 Å². The number of hydrogen-bond donors (Lipinski definition) is 1. The largest absolute Gasteiger partial charge is 0.356 e. The Morgan fingerprint density at radius 1 is 1.12 bits per heavy atom. The topological polar surface area (TPSA) is 49.4 Å². The zero-order valence-electron chi connectivity index (χ0n) is 14.4. The highest BCUT2D eigenvalue weighted by molar-refractivity contribution is 5.89. The lowest BCUT2D eigenvalue weighted by Gasteiger charge is -2.22. The Bertz CT molecular complexity index is 552. The van der Waals surface area contributed by atoms with Crippen LogP contribution in [0.25, 0.3) is 0 Å². The first-order valence-electron chi connectivity index (χ1n) is 9.32. The van der Waals surface area contributed by atoms with Crippen molar-refractivity contribution in [1.82, 2.24) is 10.2 Å². The molecule has 2 fully saturated rings. The molecule has 130 valence electrons. The zero-order valence-corrected chi connectivity index (χ0v) is 14.4. The highest BCUT2D eigenvalue weighted by Gasteiger charge is 2.34. The van der Waals surface area contributed by atoms with Gasteiger partial charge in [0.15, 0.2) is 0 Å². The lowest BCUT2D eigenvalue weighted by Crippen LogP contribution is -2.36. The van der Waals surface area contributed by atoms with Gasteiger partial charge in [-0.2, -0.15) is 0 Å². The van der Waals surface area contributed by atoms with E-state index in [0.717, 1.165) is 13.0 Å². The Kier molecular flexibility index (Phi) is 5.89. The summed E-state index contributed by atoms with van der Waals surface area (Å²) in [7, 11) is 0. The zero-order chi connectivity index (χ0) is 16.8. The van der Waals surface area contributed by atoms with E-state index in [1.165, 1.54) is 37.7 Å². The Labute approximate surface area is 144 Å². The molecule has 4 nitrogen and oxygen atoms in total.